The van der Waals surface area contributed by atoms with Crippen LogP contribution in [0, 0.1) is 0 Å². The molecule has 0 saturated heterocycles. The summed E-state index contributed by atoms with van der Waals surface area (Å²) in [4.78, 5) is 11.1. The predicted octanol–water partition coefficient (Wildman–Crippen LogP) is 2.26. The maximum Gasteiger partial charge on any atom is 0.258 e. The van der Waals surface area contributed by atoms with Crippen molar-refractivity contribution in [1.82, 2.24) is 5.32 Å². The maximum atomic E-state index is 11.1. The van der Waals surface area contributed by atoms with E-state index in [2.05, 4.69) is 5.32 Å². The molecule has 0 spiro atoms. The lowest BCUT2D eigenvalue weighted by atomic mass is 10.1. The van der Waals surface area contributed by atoms with Gasteiger partial charge in [-0.15, -0.1) is 0 Å². The first-order valence-corrected chi connectivity index (χ1v) is 6.30. The third kappa shape index (κ3) is 3.62. The van der Waals surface area contributed by atoms with Gasteiger partial charge in [-0.3, -0.25) is 4.79 Å². The summed E-state index contributed by atoms with van der Waals surface area (Å²) < 4.78 is 5.50. The van der Waals surface area contributed by atoms with E-state index in [0.717, 1.165) is 5.56 Å². The molecule has 1 amide bonds. The molecule has 0 fully saturated rings. The Kier molecular flexibility index (Phi) is 5.44. The average molecular weight is 271 g/mol. The second-order valence-corrected chi connectivity index (χ2v) is 4.52. The Bertz CT molecular complexity index is 423. The number of hydrogen-bond donors (Lipinski definition) is 2. The Hall–Kier alpha value is -1.26. The van der Waals surface area contributed by atoms with Crippen molar-refractivity contribution in [2.24, 2.45) is 5.73 Å². The van der Waals surface area contributed by atoms with E-state index >= 15 is 0 Å². The highest BCUT2D eigenvalue weighted by Gasteiger charge is 2.16. The zero-order chi connectivity index (χ0) is 13.7. The molecule has 2 atom stereocenters. The second kappa shape index (κ2) is 6.61. The highest BCUT2D eigenvalue weighted by atomic mass is 35.5. The van der Waals surface area contributed by atoms with Gasteiger partial charge < -0.3 is 15.8 Å². The van der Waals surface area contributed by atoms with Crippen LogP contribution in [0.1, 0.15) is 31.9 Å². The van der Waals surface area contributed by atoms with Gasteiger partial charge in [-0.1, -0.05) is 24.6 Å². The lowest BCUT2D eigenvalue weighted by Gasteiger charge is -2.17. The van der Waals surface area contributed by atoms with Crippen molar-refractivity contribution in [3.63, 3.8) is 0 Å². The molecule has 1 aromatic rings. The predicted molar refractivity (Wildman–Crippen MR) is 72.8 cm³/mol. The number of halogens is 1. The van der Waals surface area contributed by atoms with Gasteiger partial charge in [0.05, 0.1) is 5.02 Å². The van der Waals surface area contributed by atoms with Gasteiger partial charge in [0.1, 0.15) is 5.75 Å². The van der Waals surface area contributed by atoms with Crippen molar-refractivity contribution in [3.05, 3.63) is 28.8 Å². The number of nitrogens with one attached hydrogen (secondary N) is 1. The molecule has 1 rings (SSSR count). The van der Waals surface area contributed by atoms with Crippen LogP contribution >= 0.6 is 11.6 Å². The minimum atomic E-state index is -0.643. The van der Waals surface area contributed by atoms with Crippen molar-refractivity contribution in [1.29, 1.82) is 0 Å². The lowest BCUT2D eigenvalue weighted by Crippen LogP contribution is -2.33. The number of rotatable bonds is 6. The molecule has 0 saturated carbocycles. The van der Waals surface area contributed by atoms with E-state index in [1.807, 2.05) is 33.0 Å². The van der Waals surface area contributed by atoms with Gasteiger partial charge in [-0.2, -0.15) is 0 Å². The minimum absolute atomic E-state index is 0.203. The Labute approximate surface area is 112 Å². The fraction of sp³-hybridized carbons (Fsp3) is 0.462. The minimum Gasteiger partial charge on any atom is -0.479 e. The normalized spacial score (nSPS) is 14.0. The Morgan fingerprint density at radius 3 is 2.67 bits per heavy atom. The van der Waals surface area contributed by atoms with Crippen LogP contribution in [0.25, 0.3) is 0 Å². The van der Waals surface area contributed by atoms with Crippen LogP contribution < -0.4 is 15.8 Å². The maximum absolute atomic E-state index is 11.1. The Balaban J connectivity index is 2.88. The number of amides is 1. The van der Waals surface area contributed by atoms with Crippen LogP contribution in [-0.2, 0) is 4.79 Å². The first-order chi connectivity index (χ1) is 8.49. The SMILES string of the molecule is CCC(Oc1ccc(C(C)NC)cc1Cl)C(N)=O. The summed E-state index contributed by atoms with van der Waals surface area (Å²) in [5.74, 6) is -0.00407. The summed E-state index contributed by atoms with van der Waals surface area (Å²) in [5.41, 5.74) is 6.29. The van der Waals surface area contributed by atoms with Gasteiger partial charge in [-0.25, -0.2) is 0 Å². The van der Waals surface area contributed by atoms with Crippen LogP contribution in [0.5, 0.6) is 5.75 Å². The summed E-state index contributed by atoms with van der Waals surface area (Å²) in [6, 6.07) is 5.70. The summed E-state index contributed by atoms with van der Waals surface area (Å²) in [6.07, 6.45) is -0.129. The summed E-state index contributed by atoms with van der Waals surface area (Å²) in [6.45, 7) is 3.87. The highest BCUT2D eigenvalue weighted by molar-refractivity contribution is 6.32. The first-order valence-electron chi connectivity index (χ1n) is 5.92. The van der Waals surface area contributed by atoms with E-state index in [0.29, 0.717) is 17.2 Å². The first kappa shape index (κ1) is 14.8. The Morgan fingerprint density at radius 2 is 2.22 bits per heavy atom. The molecule has 0 bridgehead atoms. The molecule has 5 heteroatoms. The van der Waals surface area contributed by atoms with Gasteiger partial charge in [0.2, 0.25) is 0 Å². The van der Waals surface area contributed by atoms with Crippen molar-refractivity contribution >= 4 is 17.5 Å². The van der Waals surface area contributed by atoms with Crippen LogP contribution in [0.3, 0.4) is 0 Å². The number of ether oxygens (including phenoxy) is 1. The number of hydrogen-bond acceptors (Lipinski definition) is 3. The topological polar surface area (TPSA) is 64.3 Å². The van der Waals surface area contributed by atoms with Crippen LogP contribution in [0.2, 0.25) is 5.02 Å². The zero-order valence-corrected chi connectivity index (χ0v) is 11.6. The molecule has 0 heterocycles. The van der Waals surface area contributed by atoms with Crippen LogP contribution in [0.4, 0.5) is 0 Å². The molecule has 18 heavy (non-hydrogen) atoms. The van der Waals surface area contributed by atoms with E-state index < -0.39 is 12.0 Å². The average Bonchev–Trinajstić information content (AvgIpc) is 2.35. The van der Waals surface area contributed by atoms with Crippen LogP contribution in [-0.4, -0.2) is 19.1 Å². The quantitative estimate of drug-likeness (QED) is 0.833. The number of carbonyl (C=O) groups is 1. The monoisotopic (exact) mass is 270 g/mol. The molecule has 3 N–H and O–H groups in total. The number of benzene rings is 1. The third-order valence-corrected chi connectivity index (χ3v) is 3.14. The Morgan fingerprint density at radius 1 is 1.56 bits per heavy atom. The molecular weight excluding hydrogens is 252 g/mol. The van der Waals surface area contributed by atoms with E-state index in [-0.39, 0.29) is 6.04 Å². The second-order valence-electron chi connectivity index (χ2n) is 4.12. The van der Waals surface area contributed by atoms with E-state index in [1.165, 1.54) is 0 Å². The van der Waals surface area contributed by atoms with Crippen molar-refractivity contribution in [3.8, 4) is 5.75 Å². The highest BCUT2D eigenvalue weighted by Crippen LogP contribution is 2.28. The lowest BCUT2D eigenvalue weighted by molar-refractivity contribution is -0.124. The molecule has 0 aliphatic heterocycles. The fourth-order valence-corrected chi connectivity index (χ4v) is 1.78. The third-order valence-electron chi connectivity index (χ3n) is 2.85. The van der Waals surface area contributed by atoms with E-state index in [4.69, 9.17) is 22.1 Å². The smallest absolute Gasteiger partial charge is 0.258 e. The van der Waals surface area contributed by atoms with Gasteiger partial charge in [-0.05, 0) is 38.1 Å². The molecular formula is C13H19ClN2O2. The molecule has 2 unspecified atom stereocenters. The van der Waals surface area contributed by atoms with Gasteiger partial charge in [0.15, 0.2) is 6.10 Å². The molecule has 0 aliphatic carbocycles. The number of nitrogens with two attached hydrogens (primary N) is 1. The summed E-state index contributed by atoms with van der Waals surface area (Å²) in [5, 5.41) is 3.61. The fourth-order valence-electron chi connectivity index (χ4n) is 1.54. The standard InChI is InChI=1S/C13H19ClN2O2/c1-4-11(13(15)17)18-12-6-5-9(7-10(12)14)8(2)16-3/h5-8,11,16H,4H2,1-3H3,(H2,15,17). The molecule has 0 aromatic heterocycles. The molecule has 0 aliphatic rings. The molecule has 100 valence electrons. The van der Waals surface area contributed by atoms with E-state index in [1.54, 1.807) is 6.07 Å². The van der Waals surface area contributed by atoms with Crippen molar-refractivity contribution < 1.29 is 9.53 Å². The van der Waals surface area contributed by atoms with Gasteiger partial charge in [0.25, 0.3) is 5.91 Å². The summed E-state index contributed by atoms with van der Waals surface area (Å²) >= 11 is 6.13. The zero-order valence-electron chi connectivity index (χ0n) is 10.9. The van der Waals surface area contributed by atoms with Crippen molar-refractivity contribution in [2.75, 3.05) is 7.05 Å². The van der Waals surface area contributed by atoms with Gasteiger partial charge in [0, 0.05) is 6.04 Å². The number of carbonyl (C=O) groups excluding carboxylic acids is 1. The molecule has 0 radical (unpaired) electrons. The molecule has 4 nitrogen and oxygen atoms in total. The molecule has 1 aromatic carbocycles. The van der Waals surface area contributed by atoms with Crippen LogP contribution in [0.15, 0.2) is 18.2 Å². The largest absolute Gasteiger partial charge is 0.479 e. The van der Waals surface area contributed by atoms with Gasteiger partial charge >= 0.3 is 0 Å². The number of primary amides is 1. The van der Waals surface area contributed by atoms with E-state index in [9.17, 15) is 4.79 Å². The van der Waals surface area contributed by atoms with Crippen molar-refractivity contribution in [2.45, 2.75) is 32.4 Å². The summed E-state index contributed by atoms with van der Waals surface area (Å²) in [7, 11) is 1.88.